The topological polar surface area (TPSA) is 87.1 Å². The molecule has 6 nitrogen and oxygen atoms in total. The number of nitrogens with zero attached hydrogens (tertiary/aromatic N) is 1. The smallest absolute Gasteiger partial charge is 0.376 e. The lowest BCUT2D eigenvalue weighted by atomic mass is 10.0. The van der Waals surface area contributed by atoms with E-state index in [2.05, 4.69) is 29.9 Å². The second-order valence-corrected chi connectivity index (χ2v) is 15.9. The van der Waals surface area contributed by atoms with Crippen molar-refractivity contribution < 1.29 is 22.3 Å². The molecule has 7 heteroatoms. The van der Waals surface area contributed by atoms with Gasteiger partial charge in [-0.1, -0.05) is 213 Å². The standard InChI is InChI=1S/C40H83NO.CH4O4S/c1-5-8-10-12-14-16-18-20-22-24-26-28-30-32-34-36-38-41(40(4,42)7-3)39-37-35-33-31-29-27-25-23-21-19-17-15-13-11-9-6-2;1-5-6(2,3)4/h42H,5-39H2,1-4H3;1H3,(H,2,3,4). The van der Waals surface area contributed by atoms with E-state index in [1.807, 2.05) is 6.92 Å². The first-order valence-electron chi connectivity index (χ1n) is 21.1. The van der Waals surface area contributed by atoms with Gasteiger partial charge in [-0.05, 0) is 26.2 Å². The third kappa shape index (κ3) is 40.2. The largest absolute Gasteiger partial charge is 0.397 e. The van der Waals surface area contributed by atoms with E-state index in [0.717, 1.165) is 26.6 Å². The van der Waals surface area contributed by atoms with Gasteiger partial charge in [0.05, 0.1) is 7.11 Å². The van der Waals surface area contributed by atoms with Crippen LogP contribution in [0.3, 0.4) is 0 Å². The van der Waals surface area contributed by atoms with Crippen LogP contribution in [0, 0.1) is 0 Å². The Kier molecular flexibility index (Phi) is 39.5. The summed E-state index contributed by atoms with van der Waals surface area (Å²) in [5, 5.41) is 11.0. The van der Waals surface area contributed by atoms with Gasteiger partial charge in [0, 0.05) is 13.1 Å². The summed E-state index contributed by atoms with van der Waals surface area (Å²) in [5.41, 5.74) is -0.634. The van der Waals surface area contributed by atoms with Crippen LogP contribution in [0.15, 0.2) is 0 Å². The van der Waals surface area contributed by atoms with Gasteiger partial charge < -0.3 is 5.11 Å². The predicted octanol–water partition coefficient (Wildman–Crippen LogP) is 13.4. The first-order chi connectivity index (χ1) is 23.1. The molecule has 0 aromatic rings. The second-order valence-electron chi connectivity index (χ2n) is 14.8. The molecule has 0 aliphatic carbocycles. The van der Waals surface area contributed by atoms with E-state index in [1.165, 1.54) is 205 Å². The second kappa shape index (κ2) is 38.0. The molecular formula is C41H87NO5S. The van der Waals surface area contributed by atoms with Crippen LogP contribution in [0.5, 0.6) is 0 Å². The Bertz CT molecular complexity index is 680. The zero-order valence-corrected chi connectivity index (χ0v) is 34.0. The molecule has 1 atom stereocenters. The minimum atomic E-state index is -4.16. The Morgan fingerprint density at radius 1 is 0.458 bits per heavy atom. The zero-order chi connectivity index (χ0) is 36.0. The van der Waals surface area contributed by atoms with Crippen molar-refractivity contribution >= 4 is 10.4 Å². The fourth-order valence-electron chi connectivity index (χ4n) is 6.52. The first kappa shape index (κ1) is 49.9. The van der Waals surface area contributed by atoms with Crippen LogP contribution in [-0.4, -0.2) is 48.9 Å². The Morgan fingerprint density at radius 2 is 0.646 bits per heavy atom. The summed E-state index contributed by atoms with van der Waals surface area (Å²) >= 11 is 0. The first-order valence-corrected chi connectivity index (χ1v) is 22.5. The van der Waals surface area contributed by atoms with E-state index in [1.54, 1.807) is 0 Å². The fourth-order valence-corrected chi connectivity index (χ4v) is 6.52. The van der Waals surface area contributed by atoms with Crippen LogP contribution in [-0.2, 0) is 14.6 Å². The highest BCUT2D eigenvalue weighted by molar-refractivity contribution is 7.80. The molecule has 0 aromatic heterocycles. The Morgan fingerprint density at radius 3 is 0.812 bits per heavy atom. The van der Waals surface area contributed by atoms with E-state index >= 15 is 0 Å². The van der Waals surface area contributed by atoms with Gasteiger partial charge in [0.1, 0.15) is 5.72 Å². The maximum atomic E-state index is 11.0. The van der Waals surface area contributed by atoms with Gasteiger partial charge in [-0.2, -0.15) is 8.42 Å². The zero-order valence-electron chi connectivity index (χ0n) is 33.2. The number of hydrogen-bond acceptors (Lipinski definition) is 5. The van der Waals surface area contributed by atoms with E-state index in [-0.39, 0.29) is 0 Å². The molecule has 48 heavy (non-hydrogen) atoms. The monoisotopic (exact) mass is 706 g/mol. The molecule has 0 fully saturated rings. The molecule has 1 unspecified atom stereocenters. The minimum Gasteiger partial charge on any atom is -0.376 e. The van der Waals surface area contributed by atoms with E-state index in [9.17, 15) is 13.5 Å². The van der Waals surface area contributed by atoms with Crippen molar-refractivity contribution in [2.24, 2.45) is 0 Å². The highest BCUT2D eigenvalue weighted by Crippen LogP contribution is 2.20. The van der Waals surface area contributed by atoms with Gasteiger partial charge >= 0.3 is 10.4 Å². The molecular weight excluding hydrogens is 619 g/mol. The molecule has 0 aliphatic heterocycles. The summed E-state index contributed by atoms with van der Waals surface area (Å²) in [6, 6.07) is 0. The lowest BCUT2D eigenvalue weighted by Crippen LogP contribution is -2.46. The van der Waals surface area contributed by atoms with Gasteiger partial charge in [-0.3, -0.25) is 13.6 Å². The molecule has 0 radical (unpaired) electrons. The van der Waals surface area contributed by atoms with E-state index in [0.29, 0.717) is 0 Å². The summed E-state index contributed by atoms with van der Waals surface area (Å²) in [7, 11) is -3.29. The third-order valence-corrected chi connectivity index (χ3v) is 10.5. The Hall–Kier alpha value is -0.210. The molecule has 0 bridgehead atoms. The van der Waals surface area contributed by atoms with Crippen LogP contribution in [0.4, 0.5) is 0 Å². The summed E-state index contributed by atoms with van der Waals surface area (Å²) in [6.45, 7) is 10.9. The van der Waals surface area contributed by atoms with Crippen LogP contribution in [0.25, 0.3) is 0 Å². The average Bonchev–Trinajstić information content (AvgIpc) is 3.06. The molecule has 292 valence electrons. The van der Waals surface area contributed by atoms with Crippen LogP contribution >= 0.6 is 0 Å². The SMILES string of the molecule is CCCCCCCCCCCCCCCCCCN(CCCCCCCCCCCCCCCCCC)C(C)(O)CC.COS(=O)(=O)O. The predicted molar refractivity (Wildman–Crippen MR) is 210 cm³/mol. The van der Waals surface area contributed by atoms with Gasteiger partial charge in [-0.25, -0.2) is 0 Å². The van der Waals surface area contributed by atoms with Gasteiger partial charge in [-0.15, -0.1) is 0 Å². The van der Waals surface area contributed by atoms with Crippen molar-refractivity contribution in [2.45, 2.75) is 245 Å². The van der Waals surface area contributed by atoms with Gasteiger partial charge in [0.15, 0.2) is 0 Å². The molecule has 0 saturated heterocycles. The molecule has 0 amide bonds. The molecule has 0 aliphatic rings. The maximum absolute atomic E-state index is 11.0. The van der Waals surface area contributed by atoms with Crippen LogP contribution < -0.4 is 0 Å². The lowest BCUT2D eigenvalue weighted by Gasteiger charge is -2.36. The molecule has 0 rings (SSSR count). The summed E-state index contributed by atoms with van der Waals surface area (Å²) < 4.78 is 29.7. The summed E-state index contributed by atoms with van der Waals surface area (Å²) in [5.74, 6) is 0. The number of unbranched alkanes of at least 4 members (excludes halogenated alkanes) is 30. The highest BCUT2D eigenvalue weighted by Gasteiger charge is 2.25. The average molecular weight is 706 g/mol. The highest BCUT2D eigenvalue weighted by atomic mass is 32.3. The normalized spacial score (nSPS) is 13.1. The summed E-state index contributed by atoms with van der Waals surface area (Å²) in [4.78, 5) is 2.39. The third-order valence-electron chi connectivity index (χ3n) is 10.1. The minimum absolute atomic E-state index is 0.634. The quantitative estimate of drug-likeness (QED) is 0.0380. The Balaban J connectivity index is 0. The van der Waals surface area contributed by atoms with Gasteiger partial charge in [0.25, 0.3) is 0 Å². The van der Waals surface area contributed by atoms with Gasteiger partial charge in [0.2, 0.25) is 0 Å². The number of rotatable bonds is 37. The van der Waals surface area contributed by atoms with Crippen molar-refractivity contribution in [3.63, 3.8) is 0 Å². The summed E-state index contributed by atoms with van der Waals surface area (Å²) in [6.07, 6.45) is 46.1. The molecule has 0 saturated carbocycles. The fraction of sp³-hybridized carbons (Fsp3) is 1.00. The lowest BCUT2D eigenvalue weighted by molar-refractivity contribution is -0.0974. The molecule has 0 aromatic carbocycles. The van der Waals surface area contributed by atoms with E-state index < -0.39 is 16.1 Å². The van der Waals surface area contributed by atoms with Crippen molar-refractivity contribution in [1.29, 1.82) is 0 Å². The molecule has 0 spiro atoms. The van der Waals surface area contributed by atoms with Crippen LogP contribution in [0.1, 0.15) is 240 Å². The molecule has 2 N–H and O–H groups in total. The Labute approximate surface area is 302 Å². The van der Waals surface area contributed by atoms with Crippen molar-refractivity contribution in [3.05, 3.63) is 0 Å². The van der Waals surface area contributed by atoms with E-state index in [4.69, 9.17) is 4.55 Å². The van der Waals surface area contributed by atoms with Crippen molar-refractivity contribution in [1.82, 2.24) is 4.90 Å². The maximum Gasteiger partial charge on any atom is 0.397 e. The number of hydrogen-bond donors (Lipinski definition) is 2. The van der Waals surface area contributed by atoms with Crippen LogP contribution in [0.2, 0.25) is 0 Å². The van der Waals surface area contributed by atoms with Crippen molar-refractivity contribution in [3.8, 4) is 0 Å². The number of aliphatic hydroxyl groups is 1. The van der Waals surface area contributed by atoms with Crippen molar-refractivity contribution in [2.75, 3.05) is 20.2 Å². The molecule has 0 heterocycles.